The Morgan fingerprint density at radius 1 is 1.16 bits per heavy atom. The zero-order chi connectivity index (χ0) is 13.8. The lowest BCUT2D eigenvalue weighted by Crippen LogP contribution is -2.51. The number of esters is 1. The molecule has 0 aromatic carbocycles. The van der Waals surface area contributed by atoms with E-state index in [9.17, 15) is 9.59 Å². The molecular formula is C14H24N2O3. The summed E-state index contributed by atoms with van der Waals surface area (Å²) in [5.41, 5.74) is 6.13. The minimum absolute atomic E-state index is 0.0696. The molecule has 1 unspecified atom stereocenters. The number of methoxy groups -OCH3 is 1. The molecule has 1 saturated heterocycles. The molecule has 5 nitrogen and oxygen atoms in total. The van der Waals surface area contributed by atoms with Gasteiger partial charge in [0.05, 0.1) is 13.2 Å². The van der Waals surface area contributed by atoms with Gasteiger partial charge < -0.3 is 15.4 Å². The predicted molar refractivity (Wildman–Crippen MR) is 71.3 cm³/mol. The van der Waals surface area contributed by atoms with Gasteiger partial charge in [-0.1, -0.05) is 19.3 Å². The van der Waals surface area contributed by atoms with Gasteiger partial charge in [-0.2, -0.15) is 0 Å². The molecule has 1 saturated carbocycles. The SMILES string of the molecule is COC(=O)C1CCCN1C(=O)[C@@H](N)C1CCCCC1. The van der Waals surface area contributed by atoms with Gasteiger partial charge >= 0.3 is 5.97 Å². The van der Waals surface area contributed by atoms with Gasteiger partial charge in [0.2, 0.25) is 5.91 Å². The van der Waals surface area contributed by atoms with E-state index in [-0.39, 0.29) is 17.8 Å². The number of hydrogen-bond acceptors (Lipinski definition) is 4. The molecule has 108 valence electrons. The van der Waals surface area contributed by atoms with Gasteiger partial charge in [-0.25, -0.2) is 4.79 Å². The van der Waals surface area contributed by atoms with Crippen molar-refractivity contribution in [1.29, 1.82) is 0 Å². The third-order valence-corrected chi connectivity index (χ3v) is 4.45. The highest BCUT2D eigenvalue weighted by atomic mass is 16.5. The average Bonchev–Trinajstić information content (AvgIpc) is 2.95. The second kappa shape index (κ2) is 6.37. The van der Waals surface area contributed by atoms with Crippen molar-refractivity contribution in [1.82, 2.24) is 4.90 Å². The Bertz CT molecular complexity index is 340. The molecule has 2 N–H and O–H groups in total. The first-order valence-electron chi connectivity index (χ1n) is 7.29. The van der Waals surface area contributed by atoms with Crippen molar-refractivity contribution in [2.24, 2.45) is 11.7 Å². The van der Waals surface area contributed by atoms with Gasteiger partial charge in [0, 0.05) is 6.54 Å². The Kier molecular flexibility index (Phi) is 4.80. The third kappa shape index (κ3) is 3.08. The molecule has 2 atom stereocenters. The van der Waals surface area contributed by atoms with Crippen LogP contribution in [0.3, 0.4) is 0 Å². The molecule has 0 bridgehead atoms. The molecule has 0 aromatic rings. The fraction of sp³-hybridized carbons (Fsp3) is 0.857. The normalized spacial score (nSPS) is 26.2. The first-order chi connectivity index (χ1) is 9.15. The first kappa shape index (κ1) is 14.3. The highest BCUT2D eigenvalue weighted by molar-refractivity contribution is 5.88. The number of likely N-dealkylation sites (tertiary alicyclic amines) is 1. The van der Waals surface area contributed by atoms with Crippen molar-refractivity contribution in [3.05, 3.63) is 0 Å². The Labute approximate surface area is 114 Å². The summed E-state index contributed by atoms with van der Waals surface area (Å²) < 4.78 is 4.77. The maximum Gasteiger partial charge on any atom is 0.328 e. The molecule has 0 radical (unpaired) electrons. The minimum Gasteiger partial charge on any atom is -0.467 e. The van der Waals surface area contributed by atoms with E-state index in [2.05, 4.69) is 0 Å². The summed E-state index contributed by atoms with van der Waals surface area (Å²) in [6, 6.07) is -0.877. The largest absolute Gasteiger partial charge is 0.467 e. The Balaban J connectivity index is 1.99. The van der Waals surface area contributed by atoms with Crippen molar-refractivity contribution in [2.75, 3.05) is 13.7 Å². The van der Waals surface area contributed by atoms with Crippen LogP contribution in [0.5, 0.6) is 0 Å². The standard InChI is InChI=1S/C14H24N2O3/c1-19-14(18)11-8-5-9-16(11)13(17)12(15)10-6-3-2-4-7-10/h10-12H,2-9,15H2,1H3/t11?,12-/m0/s1. The monoisotopic (exact) mass is 268 g/mol. The number of rotatable bonds is 3. The zero-order valence-corrected chi connectivity index (χ0v) is 11.6. The van der Waals surface area contributed by atoms with Crippen molar-refractivity contribution in [3.8, 4) is 0 Å². The van der Waals surface area contributed by atoms with Crippen LogP contribution >= 0.6 is 0 Å². The quantitative estimate of drug-likeness (QED) is 0.777. The smallest absolute Gasteiger partial charge is 0.328 e. The van der Waals surface area contributed by atoms with Crippen LogP contribution in [0.1, 0.15) is 44.9 Å². The van der Waals surface area contributed by atoms with E-state index in [1.165, 1.54) is 13.5 Å². The molecule has 0 spiro atoms. The summed E-state index contributed by atoms with van der Waals surface area (Å²) in [4.78, 5) is 25.8. The van der Waals surface area contributed by atoms with Crippen LogP contribution in [-0.2, 0) is 14.3 Å². The molecule has 5 heteroatoms. The number of hydrogen-bond donors (Lipinski definition) is 1. The minimum atomic E-state index is -0.453. The summed E-state index contributed by atoms with van der Waals surface area (Å²) in [5.74, 6) is -0.110. The highest BCUT2D eigenvalue weighted by Crippen LogP contribution is 2.28. The fourth-order valence-corrected chi connectivity index (χ4v) is 3.30. The van der Waals surface area contributed by atoms with E-state index in [0.717, 1.165) is 32.1 Å². The lowest BCUT2D eigenvalue weighted by atomic mass is 9.83. The van der Waals surface area contributed by atoms with Crippen molar-refractivity contribution in [2.45, 2.75) is 57.0 Å². The lowest BCUT2D eigenvalue weighted by molar-refractivity contribution is -0.151. The Morgan fingerprint density at radius 2 is 1.84 bits per heavy atom. The van der Waals surface area contributed by atoms with Crippen LogP contribution in [-0.4, -0.2) is 42.5 Å². The summed E-state index contributed by atoms with van der Waals surface area (Å²) in [5, 5.41) is 0. The van der Waals surface area contributed by atoms with Gasteiger partial charge in [0.25, 0.3) is 0 Å². The van der Waals surface area contributed by atoms with Crippen LogP contribution in [0.25, 0.3) is 0 Å². The van der Waals surface area contributed by atoms with Gasteiger partial charge in [0.15, 0.2) is 0 Å². The van der Waals surface area contributed by atoms with E-state index in [1.54, 1.807) is 4.90 Å². The van der Waals surface area contributed by atoms with Crippen molar-refractivity contribution >= 4 is 11.9 Å². The van der Waals surface area contributed by atoms with E-state index in [0.29, 0.717) is 13.0 Å². The van der Waals surface area contributed by atoms with Crippen LogP contribution in [0.4, 0.5) is 0 Å². The van der Waals surface area contributed by atoms with Crippen LogP contribution < -0.4 is 5.73 Å². The Hall–Kier alpha value is -1.10. The number of nitrogens with zero attached hydrogens (tertiary/aromatic N) is 1. The molecule has 2 aliphatic rings. The first-order valence-corrected chi connectivity index (χ1v) is 7.29. The number of nitrogens with two attached hydrogens (primary N) is 1. The zero-order valence-electron chi connectivity index (χ0n) is 11.6. The van der Waals surface area contributed by atoms with Crippen molar-refractivity contribution < 1.29 is 14.3 Å². The predicted octanol–water partition coefficient (Wildman–Crippen LogP) is 1.06. The highest BCUT2D eigenvalue weighted by Gasteiger charge is 2.38. The van der Waals surface area contributed by atoms with Crippen LogP contribution in [0.2, 0.25) is 0 Å². The van der Waals surface area contributed by atoms with Gasteiger partial charge in [-0.15, -0.1) is 0 Å². The van der Waals surface area contributed by atoms with Gasteiger partial charge in [0.1, 0.15) is 6.04 Å². The molecular weight excluding hydrogens is 244 g/mol. The Morgan fingerprint density at radius 3 is 2.47 bits per heavy atom. The number of amides is 1. The fourth-order valence-electron chi connectivity index (χ4n) is 3.30. The van der Waals surface area contributed by atoms with Crippen molar-refractivity contribution in [3.63, 3.8) is 0 Å². The van der Waals surface area contributed by atoms with E-state index in [1.807, 2.05) is 0 Å². The maximum absolute atomic E-state index is 12.5. The molecule has 19 heavy (non-hydrogen) atoms. The molecule has 2 rings (SSSR count). The van der Waals surface area contributed by atoms with E-state index < -0.39 is 12.1 Å². The van der Waals surface area contributed by atoms with Gasteiger partial charge in [-0.3, -0.25) is 4.79 Å². The lowest BCUT2D eigenvalue weighted by Gasteiger charge is -2.31. The summed E-state index contributed by atoms with van der Waals surface area (Å²) in [7, 11) is 1.37. The van der Waals surface area contributed by atoms with E-state index in [4.69, 9.17) is 10.5 Å². The molecule has 1 amide bonds. The topological polar surface area (TPSA) is 72.6 Å². The second-order valence-electron chi connectivity index (χ2n) is 5.64. The number of carbonyl (C=O) groups excluding carboxylic acids is 2. The summed E-state index contributed by atoms with van der Waals surface area (Å²) >= 11 is 0. The number of ether oxygens (including phenoxy) is 1. The van der Waals surface area contributed by atoms with Crippen LogP contribution in [0.15, 0.2) is 0 Å². The molecule has 1 aliphatic heterocycles. The van der Waals surface area contributed by atoms with Gasteiger partial charge in [-0.05, 0) is 31.6 Å². The maximum atomic E-state index is 12.5. The van der Waals surface area contributed by atoms with Crippen LogP contribution in [0, 0.1) is 5.92 Å². The average molecular weight is 268 g/mol. The molecule has 2 fully saturated rings. The summed E-state index contributed by atoms with van der Waals surface area (Å²) in [6.07, 6.45) is 7.16. The van der Waals surface area contributed by atoms with E-state index >= 15 is 0 Å². The summed E-state index contributed by atoms with van der Waals surface area (Å²) in [6.45, 7) is 0.624. The second-order valence-corrected chi connectivity index (χ2v) is 5.64. The molecule has 0 aromatic heterocycles. The molecule has 1 aliphatic carbocycles. The third-order valence-electron chi connectivity index (χ3n) is 4.45. The molecule has 1 heterocycles. The number of carbonyl (C=O) groups is 2.